The molecular weight excluding hydrogens is 478 g/mol. The summed E-state index contributed by atoms with van der Waals surface area (Å²) >= 11 is 0. The molecule has 3 fully saturated rings. The highest BCUT2D eigenvalue weighted by molar-refractivity contribution is 5.97. The molecule has 2 spiro atoms. The zero-order valence-electron chi connectivity index (χ0n) is 22.1. The van der Waals surface area contributed by atoms with Crippen molar-refractivity contribution in [3.05, 3.63) is 64.5 Å². The lowest BCUT2D eigenvalue weighted by molar-refractivity contribution is -0.188. The predicted molar refractivity (Wildman–Crippen MR) is 141 cm³/mol. The highest BCUT2D eigenvalue weighted by atomic mass is 16.5. The number of aromatic nitrogens is 1. The molecule has 7 nitrogen and oxygen atoms in total. The van der Waals surface area contributed by atoms with Crippen LogP contribution in [0.25, 0.3) is 0 Å². The van der Waals surface area contributed by atoms with Gasteiger partial charge in [0.1, 0.15) is 11.7 Å². The maximum atomic E-state index is 14.1. The number of carbonyl (C=O) groups excluding carboxylic acids is 1. The maximum Gasteiger partial charge on any atom is 0.252 e. The Labute approximate surface area is 223 Å². The summed E-state index contributed by atoms with van der Waals surface area (Å²) in [6.07, 6.45) is 9.10. The van der Waals surface area contributed by atoms with Crippen LogP contribution in [0.4, 0.5) is 0 Å². The monoisotopic (exact) mass is 513 g/mol. The van der Waals surface area contributed by atoms with Crippen molar-refractivity contribution in [2.75, 3.05) is 20.1 Å². The number of aryl methyl sites for hydroxylation is 1. The third-order valence-corrected chi connectivity index (χ3v) is 10.8. The number of ether oxygens (including phenoxy) is 1. The number of fused-ring (bicyclic) bond motifs is 1. The van der Waals surface area contributed by atoms with Crippen molar-refractivity contribution in [1.82, 2.24) is 14.8 Å². The number of piperidine rings is 1. The number of carbonyl (C=O) groups is 1. The number of benzene rings is 1. The van der Waals surface area contributed by atoms with Gasteiger partial charge in [0, 0.05) is 42.4 Å². The van der Waals surface area contributed by atoms with Crippen LogP contribution in [0.2, 0.25) is 0 Å². The third kappa shape index (κ3) is 2.71. The average molecular weight is 514 g/mol. The Balaban J connectivity index is 1.26. The number of aromatic hydroxyl groups is 1. The molecule has 3 heterocycles. The van der Waals surface area contributed by atoms with Gasteiger partial charge in [-0.3, -0.25) is 14.7 Å². The van der Waals surface area contributed by atoms with Crippen molar-refractivity contribution < 1.29 is 19.7 Å². The van der Waals surface area contributed by atoms with Crippen LogP contribution in [-0.2, 0) is 23.2 Å². The van der Waals surface area contributed by atoms with Gasteiger partial charge in [0.05, 0.1) is 17.7 Å². The van der Waals surface area contributed by atoms with E-state index in [-0.39, 0.29) is 23.1 Å². The molecule has 5 atom stereocenters. The molecule has 198 valence electrons. The van der Waals surface area contributed by atoms with Crippen LogP contribution < -0.4 is 4.74 Å². The van der Waals surface area contributed by atoms with Gasteiger partial charge in [-0.25, -0.2) is 0 Å². The number of amides is 1. The lowest BCUT2D eigenvalue weighted by atomic mass is 9.38. The van der Waals surface area contributed by atoms with Gasteiger partial charge in [-0.05, 0) is 81.2 Å². The van der Waals surface area contributed by atoms with Gasteiger partial charge >= 0.3 is 0 Å². The average Bonchev–Trinajstić information content (AvgIpc) is 3.65. The second-order valence-electron chi connectivity index (χ2n) is 12.8. The fourth-order valence-corrected chi connectivity index (χ4v) is 8.91. The minimum absolute atomic E-state index is 0.139. The number of phenols is 1. The van der Waals surface area contributed by atoms with Crippen molar-refractivity contribution in [3.8, 4) is 11.5 Å². The summed E-state index contributed by atoms with van der Waals surface area (Å²) in [5.41, 5.74) is 2.56. The molecule has 0 radical (unpaired) electrons. The summed E-state index contributed by atoms with van der Waals surface area (Å²) in [6.45, 7) is 4.44. The molecule has 2 aliphatic heterocycles. The van der Waals surface area contributed by atoms with Crippen molar-refractivity contribution in [2.24, 2.45) is 11.3 Å². The van der Waals surface area contributed by atoms with E-state index < -0.39 is 17.1 Å². The quantitative estimate of drug-likeness (QED) is 0.639. The highest BCUT2D eigenvalue weighted by Crippen LogP contribution is 2.74. The molecule has 1 aromatic heterocycles. The van der Waals surface area contributed by atoms with Crippen LogP contribution >= 0.6 is 0 Å². The van der Waals surface area contributed by atoms with Gasteiger partial charge in [0.15, 0.2) is 11.5 Å². The van der Waals surface area contributed by atoms with Gasteiger partial charge in [0.2, 0.25) is 0 Å². The van der Waals surface area contributed by atoms with Crippen molar-refractivity contribution in [2.45, 2.75) is 75.2 Å². The fourth-order valence-electron chi connectivity index (χ4n) is 8.91. The zero-order chi connectivity index (χ0) is 26.0. The van der Waals surface area contributed by atoms with Gasteiger partial charge in [-0.2, -0.15) is 0 Å². The molecule has 7 aliphatic rings. The standard InChI is InChI=1S/C31H35N3O4/c1-18-3-7-21(32-15-18)17-33(2)27(36)22-14-29-9-10-31(22,37)28-30(29)11-12-34(16-19-4-5-19)24(29)13-20-6-8-23(35)26(38-28)25(20)30/h3,6-8,14-15,19,24,28,35,37H,4-5,9-13,16-17H2,1-2H3/t24-,28-,29-,30+,31-/m1/s1. The van der Waals surface area contributed by atoms with E-state index in [1.165, 1.54) is 18.4 Å². The van der Waals surface area contributed by atoms with Crippen LogP contribution in [0.1, 0.15) is 54.5 Å². The molecule has 5 aliphatic carbocycles. The largest absolute Gasteiger partial charge is 0.504 e. The molecule has 0 unspecified atom stereocenters. The van der Waals surface area contributed by atoms with Gasteiger partial charge in [-0.1, -0.05) is 18.2 Å². The van der Waals surface area contributed by atoms with E-state index in [9.17, 15) is 15.0 Å². The Bertz CT molecular complexity index is 1400. The molecule has 4 bridgehead atoms. The van der Waals surface area contributed by atoms with Gasteiger partial charge in [0.25, 0.3) is 5.91 Å². The molecule has 1 amide bonds. The third-order valence-electron chi connectivity index (χ3n) is 10.8. The summed E-state index contributed by atoms with van der Waals surface area (Å²) in [6, 6.07) is 8.01. The molecule has 9 rings (SSSR count). The van der Waals surface area contributed by atoms with E-state index in [2.05, 4.69) is 22.0 Å². The van der Waals surface area contributed by atoms with Crippen molar-refractivity contribution in [3.63, 3.8) is 0 Å². The lowest BCUT2D eigenvalue weighted by Crippen LogP contribution is -2.78. The number of aliphatic hydroxyl groups is 1. The fraction of sp³-hybridized carbons (Fsp3) is 0.548. The lowest BCUT2D eigenvalue weighted by Gasteiger charge is -2.70. The number of phenolic OH excluding ortho intramolecular Hbond substituents is 1. The normalized spacial score (nSPS) is 35.9. The number of rotatable bonds is 5. The van der Waals surface area contributed by atoms with E-state index in [1.54, 1.807) is 18.0 Å². The SMILES string of the molecule is Cc1ccc(CN(C)C(=O)C2=C[C@@]34CC[C@]2(O)[C@@H]2Oc5c(O)ccc6c5[C@@]23CCN(CC2CC2)[C@@H]4C6)nc1. The summed E-state index contributed by atoms with van der Waals surface area (Å²) in [7, 11) is 1.79. The number of likely N-dealkylation sites (tertiary alicyclic amines) is 1. The highest BCUT2D eigenvalue weighted by Gasteiger charge is 2.78. The predicted octanol–water partition coefficient (Wildman–Crippen LogP) is 3.24. The second kappa shape index (κ2) is 7.39. The van der Waals surface area contributed by atoms with Crippen LogP contribution in [0, 0.1) is 18.3 Å². The Morgan fingerprint density at radius 3 is 2.82 bits per heavy atom. The van der Waals surface area contributed by atoms with Crippen LogP contribution in [0.5, 0.6) is 11.5 Å². The number of likely N-dealkylation sites (N-methyl/N-ethyl adjacent to an activating group) is 1. The topological polar surface area (TPSA) is 86.1 Å². The summed E-state index contributed by atoms with van der Waals surface area (Å²) in [5.74, 6) is 1.28. The zero-order valence-corrected chi connectivity index (χ0v) is 22.1. The summed E-state index contributed by atoms with van der Waals surface area (Å²) in [4.78, 5) is 23.0. The van der Waals surface area contributed by atoms with Gasteiger partial charge in [-0.15, -0.1) is 0 Å². The van der Waals surface area contributed by atoms with E-state index in [0.717, 1.165) is 55.1 Å². The second-order valence-corrected chi connectivity index (χ2v) is 12.8. The Morgan fingerprint density at radius 2 is 2.05 bits per heavy atom. The van der Waals surface area contributed by atoms with Gasteiger partial charge < -0.3 is 19.8 Å². The van der Waals surface area contributed by atoms with Crippen molar-refractivity contribution >= 4 is 5.91 Å². The van der Waals surface area contributed by atoms with Crippen molar-refractivity contribution in [1.29, 1.82) is 0 Å². The smallest absolute Gasteiger partial charge is 0.252 e. The molecule has 2 aromatic rings. The summed E-state index contributed by atoms with van der Waals surface area (Å²) < 4.78 is 6.62. The molecule has 38 heavy (non-hydrogen) atoms. The van der Waals surface area contributed by atoms with E-state index in [0.29, 0.717) is 24.3 Å². The Kier molecular flexibility index (Phi) is 4.48. The number of hydrogen-bond acceptors (Lipinski definition) is 6. The van der Waals surface area contributed by atoms with E-state index in [4.69, 9.17) is 4.74 Å². The minimum atomic E-state index is -1.41. The molecule has 7 heteroatoms. The first-order valence-electron chi connectivity index (χ1n) is 14.2. The van der Waals surface area contributed by atoms with E-state index >= 15 is 0 Å². The Hall–Kier alpha value is -2.90. The minimum Gasteiger partial charge on any atom is -0.504 e. The van der Waals surface area contributed by atoms with E-state index in [1.807, 2.05) is 25.3 Å². The van der Waals surface area contributed by atoms with Crippen LogP contribution in [-0.4, -0.2) is 68.8 Å². The molecule has 1 saturated heterocycles. The van der Waals surface area contributed by atoms with Crippen LogP contribution in [0.3, 0.4) is 0 Å². The first-order chi connectivity index (χ1) is 18.3. The number of hydrogen-bond donors (Lipinski definition) is 2. The molecule has 2 saturated carbocycles. The molecule has 2 N–H and O–H groups in total. The number of pyridine rings is 1. The first-order valence-corrected chi connectivity index (χ1v) is 14.2. The number of nitrogens with zero attached hydrogens (tertiary/aromatic N) is 3. The molecular formula is C31H35N3O4. The Morgan fingerprint density at radius 1 is 1.21 bits per heavy atom. The maximum absolute atomic E-state index is 14.1. The summed E-state index contributed by atoms with van der Waals surface area (Å²) in [5, 5.41) is 23.3. The first kappa shape index (κ1) is 23.0. The molecule has 1 aromatic carbocycles. The van der Waals surface area contributed by atoms with Crippen LogP contribution in [0.15, 0.2) is 42.1 Å².